The van der Waals surface area contributed by atoms with Crippen molar-refractivity contribution in [3.63, 3.8) is 0 Å². The first kappa shape index (κ1) is 12.4. The summed E-state index contributed by atoms with van der Waals surface area (Å²) in [5, 5.41) is 0. The van der Waals surface area contributed by atoms with Crippen molar-refractivity contribution in [1.29, 1.82) is 0 Å². The molecule has 17 heavy (non-hydrogen) atoms. The van der Waals surface area contributed by atoms with Crippen LogP contribution in [0.3, 0.4) is 0 Å². The average Bonchev–Trinajstić information content (AvgIpc) is 2.52. The van der Waals surface area contributed by atoms with E-state index in [9.17, 15) is 0 Å². The first-order chi connectivity index (χ1) is 8.12. The standard InChI is InChI=1S/C15H24N2/c1-15(2,11-16)12-17-10-6-5-8-13-7-3-4-9-14(13)17/h3-4,7,9H,5-6,8,10-12,16H2,1-2H3. The van der Waals surface area contributed by atoms with E-state index in [-0.39, 0.29) is 5.41 Å². The molecule has 1 aromatic rings. The Kier molecular flexibility index (Phi) is 3.72. The minimum Gasteiger partial charge on any atom is -0.371 e. The molecule has 2 rings (SSSR count). The van der Waals surface area contributed by atoms with E-state index < -0.39 is 0 Å². The number of fused-ring (bicyclic) bond motifs is 1. The molecule has 0 saturated carbocycles. The maximum absolute atomic E-state index is 5.86. The minimum atomic E-state index is 0.192. The summed E-state index contributed by atoms with van der Waals surface area (Å²) < 4.78 is 0. The summed E-state index contributed by atoms with van der Waals surface area (Å²) in [6.45, 7) is 7.47. The lowest BCUT2D eigenvalue weighted by molar-refractivity contribution is 0.377. The maximum atomic E-state index is 5.86. The zero-order valence-corrected chi connectivity index (χ0v) is 11.1. The van der Waals surface area contributed by atoms with Gasteiger partial charge in [-0.15, -0.1) is 0 Å². The van der Waals surface area contributed by atoms with Crippen molar-refractivity contribution in [3.8, 4) is 0 Å². The number of hydrogen-bond donors (Lipinski definition) is 1. The van der Waals surface area contributed by atoms with Crippen LogP contribution in [-0.2, 0) is 6.42 Å². The van der Waals surface area contributed by atoms with Crippen LogP contribution >= 0.6 is 0 Å². The topological polar surface area (TPSA) is 29.3 Å². The molecule has 1 aliphatic heterocycles. The summed E-state index contributed by atoms with van der Waals surface area (Å²) in [6.07, 6.45) is 3.81. The SMILES string of the molecule is CC(C)(CN)CN1CCCCc2ccccc21. The third-order valence-electron chi connectivity index (χ3n) is 3.63. The van der Waals surface area contributed by atoms with Crippen molar-refractivity contribution in [2.45, 2.75) is 33.1 Å². The number of benzene rings is 1. The lowest BCUT2D eigenvalue weighted by atomic mass is 9.92. The fourth-order valence-electron chi connectivity index (χ4n) is 2.51. The zero-order valence-electron chi connectivity index (χ0n) is 11.1. The van der Waals surface area contributed by atoms with Crippen LogP contribution in [0.4, 0.5) is 5.69 Å². The van der Waals surface area contributed by atoms with Gasteiger partial charge in [0.25, 0.3) is 0 Å². The second kappa shape index (κ2) is 5.09. The van der Waals surface area contributed by atoms with Gasteiger partial charge in [-0.1, -0.05) is 32.0 Å². The number of nitrogens with zero attached hydrogens (tertiary/aromatic N) is 1. The Bertz CT molecular complexity index is 371. The monoisotopic (exact) mass is 232 g/mol. The van der Waals surface area contributed by atoms with Crippen LogP contribution in [0.1, 0.15) is 32.3 Å². The lowest BCUT2D eigenvalue weighted by Gasteiger charge is -2.33. The number of rotatable bonds is 3. The van der Waals surface area contributed by atoms with Crippen molar-refractivity contribution >= 4 is 5.69 Å². The van der Waals surface area contributed by atoms with Gasteiger partial charge in [-0.2, -0.15) is 0 Å². The molecule has 1 aromatic carbocycles. The summed E-state index contributed by atoms with van der Waals surface area (Å²) >= 11 is 0. The van der Waals surface area contributed by atoms with Crippen LogP contribution in [-0.4, -0.2) is 19.6 Å². The lowest BCUT2D eigenvalue weighted by Crippen LogP contribution is -2.39. The summed E-state index contributed by atoms with van der Waals surface area (Å²) in [4.78, 5) is 2.52. The summed E-state index contributed by atoms with van der Waals surface area (Å²) in [7, 11) is 0. The van der Waals surface area contributed by atoms with Gasteiger partial charge in [0, 0.05) is 18.8 Å². The second-order valence-electron chi connectivity index (χ2n) is 5.88. The molecule has 94 valence electrons. The quantitative estimate of drug-likeness (QED) is 0.868. The molecule has 0 bridgehead atoms. The van der Waals surface area contributed by atoms with Gasteiger partial charge >= 0.3 is 0 Å². The highest BCUT2D eigenvalue weighted by atomic mass is 15.1. The van der Waals surface area contributed by atoms with Crippen molar-refractivity contribution < 1.29 is 0 Å². The van der Waals surface area contributed by atoms with Gasteiger partial charge in [0.15, 0.2) is 0 Å². The average molecular weight is 232 g/mol. The number of anilines is 1. The molecule has 1 heterocycles. The van der Waals surface area contributed by atoms with Crippen LogP contribution < -0.4 is 10.6 Å². The number of aryl methyl sites for hydroxylation is 1. The molecule has 0 fully saturated rings. The summed E-state index contributed by atoms with van der Waals surface area (Å²) in [5.74, 6) is 0. The predicted molar refractivity (Wildman–Crippen MR) is 74.4 cm³/mol. The van der Waals surface area contributed by atoms with E-state index in [1.807, 2.05) is 0 Å². The molecule has 0 radical (unpaired) electrons. The molecule has 1 aliphatic rings. The fraction of sp³-hybridized carbons (Fsp3) is 0.600. The van der Waals surface area contributed by atoms with Gasteiger partial charge in [0.2, 0.25) is 0 Å². The van der Waals surface area contributed by atoms with E-state index in [1.54, 1.807) is 0 Å². The number of para-hydroxylation sites is 1. The first-order valence-corrected chi connectivity index (χ1v) is 6.65. The minimum absolute atomic E-state index is 0.192. The smallest absolute Gasteiger partial charge is 0.0398 e. The normalized spacial score (nSPS) is 16.5. The van der Waals surface area contributed by atoms with Gasteiger partial charge in [-0.3, -0.25) is 0 Å². The van der Waals surface area contributed by atoms with E-state index in [4.69, 9.17) is 5.73 Å². The van der Waals surface area contributed by atoms with Crippen LogP contribution in [0.5, 0.6) is 0 Å². The Morgan fingerprint density at radius 2 is 2.00 bits per heavy atom. The van der Waals surface area contributed by atoms with Crippen LogP contribution in [0.15, 0.2) is 24.3 Å². The zero-order chi connectivity index (χ0) is 12.3. The Morgan fingerprint density at radius 3 is 2.76 bits per heavy atom. The molecule has 0 spiro atoms. The van der Waals surface area contributed by atoms with Crippen LogP contribution in [0, 0.1) is 5.41 Å². The Hall–Kier alpha value is -1.02. The molecule has 0 aliphatic carbocycles. The van der Waals surface area contributed by atoms with Gasteiger partial charge in [-0.05, 0) is 42.9 Å². The highest BCUT2D eigenvalue weighted by Crippen LogP contribution is 2.28. The van der Waals surface area contributed by atoms with Crippen LogP contribution in [0.2, 0.25) is 0 Å². The van der Waals surface area contributed by atoms with Crippen molar-refractivity contribution in [1.82, 2.24) is 0 Å². The Balaban J connectivity index is 2.23. The molecule has 0 saturated heterocycles. The summed E-state index contributed by atoms with van der Waals surface area (Å²) in [6, 6.07) is 8.82. The van der Waals surface area contributed by atoms with Gasteiger partial charge in [-0.25, -0.2) is 0 Å². The van der Waals surface area contributed by atoms with Crippen molar-refractivity contribution in [2.75, 3.05) is 24.5 Å². The highest BCUT2D eigenvalue weighted by molar-refractivity contribution is 5.54. The first-order valence-electron chi connectivity index (χ1n) is 6.65. The molecule has 2 heteroatoms. The predicted octanol–water partition coefficient (Wildman–Crippen LogP) is 2.81. The van der Waals surface area contributed by atoms with Crippen LogP contribution in [0.25, 0.3) is 0 Å². The second-order valence-corrected chi connectivity index (χ2v) is 5.88. The molecular weight excluding hydrogens is 208 g/mol. The van der Waals surface area contributed by atoms with E-state index >= 15 is 0 Å². The largest absolute Gasteiger partial charge is 0.371 e. The van der Waals surface area contributed by atoms with E-state index in [1.165, 1.54) is 37.1 Å². The Morgan fingerprint density at radius 1 is 1.24 bits per heavy atom. The Labute approximate surface area is 105 Å². The van der Waals surface area contributed by atoms with Gasteiger partial charge in [0.1, 0.15) is 0 Å². The third kappa shape index (κ3) is 3.01. The van der Waals surface area contributed by atoms with Gasteiger partial charge in [0.05, 0.1) is 0 Å². The van der Waals surface area contributed by atoms with Gasteiger partial charge < -0.3 is 10.6 Å². The molecular formula is C15H24N2. The molecule has 0 atom stereocenters. The molecule has 2 N–H and O–H groups in total. The number of hydrogen-bond acceptors (Lipinski definition) is 2. The van der Waals surface area contributed by atoms with Crippen molar-refractivity contribution in [2.24, 2.45) is 11.1 Å². The van der Waals surface area contributed by atoms with Crippen molar-refractivity contribution in [3.05, 3.63) is 29.8 Å². The van der Waals surface area contributed by atoms with E-state index in [2.05, 4.69) is 43.0 Å². The maximum Gasteiger partial charge on any atom is 0.0398 e. The molecule has 0 amide bonds. The third-order valence-corrected chi connectivity index (χ3v) is 3.63. The van der Waals surface area contributed by atoms with E-state index in [0.29, 0.717) is 0 Å². The summed E-state index contributed by atoms with van der Waals surface area (Å²) in [5.41, 5.74) is 8.97. The highest BCUT2D eigenvalue weighted by Gasteiger charge is 2.22. The molecule has 2 nitrogen and oxygen atoms in total. The number of nitrogens with two attached hydrogens (primary N) is 1. The molecule has 0 unspecified atom stereocenters. The fourth-order valence-corrected chi connectivity index (χ4v) is 2.51. The molecule has 0 aromatic heterocycles. The van der Waals surface area contributed by atoms with E-state index in [0.717, 1.165) is 13.1 Å².